The Morgan fingerprint density at radius 1 is 1.10 bits per heavy atom. The van der Waals surface area contributed by atoms with Gasteiger partial charge in [0.2, 0.25) is 10.0 Å². The van der Waals surface area contributed by atoms with E-state index < -0.39 is 15.8 Å². The zero-order valence-corrected chi connectivity index (χ0v) is 13.9. The number of anilines is 1. The Hall–Kier alpha value is -1.19. The molecule has 2 N–H and O–H groups in total. The number of aliphatic hydroxyl groups is 1. The summed E-state index contributed by atoms with van der Waals surface area (Å²) < 4.78 is 40.1. The van der Waals surface area contributed by atoms with Crippen molar-refractivity contribution in [3.63, 3.8) is 0 Å². The third kappa shape index (κ3) is 4.65. The van der Waals surface area contributed by atoms with Crippen LogP contribution in [0.5, 0.6) is 0 Å². The van der Waals surface area contributed by atoms with E-state index in [0.717, 1.165) is 5.56 Å². The highest BCUT2D eigenvalue weighted by molar-refractivity contribution is 14.1. The van der Waals surface area contributed by atoms with Gasteiger partial charge < -0.3 is 5.11 Å². The number of benzene rings is 2. The molecular formula is C14H13FINO3S. The Morgan fingerprint density at radius 3 is 2.29 bits per heavy atom. The van der Waals surface area contributed by atoms with Gasteiger partial charge >= 0.3 is 0 Å². The molecule has 2 aromatic rings. The first-order valence-electron chi connectivity index (χ1n) is 6.04. The van der Waals surface area contributed by atoms with Crippen LogP contribution in [0.15, 0.2) is 42.5 Å². The fraction of sp³-hybridized carbons (Fsp3) is 0.143. The standard InChI is InChI=1S/C14H13FINO3S/c15-12-5-6-14(13(16)7-12)17-21(19,20)9-11-3-1-10(8-18)2-4-11/h1-7,17-18H,8-9H2. The molecule has 7 heteroatoms. The topological polar surface area (TPSA) is 66.4 Å². The van der Waals surface area contributed by atoms with E-state index in [1.807, 2.05) is 22.6 Å². The van der Waals surface area contributed by atoms with Gasteiger partial charge in [0.15, 0.2) is 0 Å². The van der Waals surface area contributed by atoms with Crippen LogP contribution in [0.4, 0.5) is 10.1 Å². The Bertz CT molecular complexity index is 732. The van der Waals surface area contributed by atoms with Crippen molar-refractivity contribution in [2.45, 2.75) is 12.4 Å². The molecule has 21 heavy (non-hydrogen) atoms. The molecule has 0 aromatic heterocycles. The summed E-state index contributed by atoms with van der Waals surface area (Å²) in [6.45, 7) is -0.0843. The van der Waals surface area contributed by atoms with Crippen LogP contribution < -0.4 is 4.72 Å². The van der Waals surface area contributed by atoms with Crippen molar-refractivity contribution >= 4 is 38.3 Å². The summed E-state index contributed by atoms with van der Waals surface area (Å²) in [4.78, 5) is 0. The molecule has 0 unspecified atom stereocenters. The Labute approximate surface area is 136 Å². The van der Waals surface area contributed by atoms with Crippen LogP contribution >= 0.6 is 22.6 Å². The molecule has 0 bridgehead atoms. The average molecular weight is 421 g/mol. The van der Waals surface area contributed by atoms with E-state index in [0.29, 0.717) is 14.8 Å². The van der Waals surface area contributed by atoms with Gasteiger partial charge in [0.1, 0.15) is 5.82 Å². The van der Waals surface area contributed by atoms with Gasteiger partial charge in [-0.05, 0) is 51.9 Å². The van der Waals surface area contributed by atoms with Crippen LogP contribution in [-0.2, 0) is 22.4 Å². The van der Waals surface area contributed by atoms with E-state index >= 15 is 0 Å². The average Bonchev–Trinajstić information content (AvgIpc) is 2.42. The molecule has 0 radical (unpaired) electrons. The minimum Gasteiger partial charge on any atom is -0.392 e. The Balaban J connectivity index is 2.14. The molecule has 2 rings (SSSR count). The molecule has 0 heterocycles. The summed E-state index contributed by atoms with van der Waals surface area (Å²) in [5.41, 5.74) is 1.68. The fourth-order valence-corrected chi connectivity index (χ4v) is 3.75. The Kier molecular flexibility index (Phi) is 5.17. The molecule has 2 aromatic carbocycles. The lowest BCUT2D eigenvalue weighted by atomic mass is 10.2. The zero-order chi connectivity index (χ0) is 15.5. The second-order valence-corrected chi connectivity index (χ2v) is 7.34. The van der Waals surface area contributed by atoms with Gasteiger partial charge in [-0.15, -0.1) is 0 Å². The van der Waals surface area contributed by atoms with E-state index in [9.17, 15) is 12.8 Å². The van der Waals surface area contributed by atoms with Gasteiger partial charge in [-0.1, -0.05) is 24.3 Å². The van der Waals surface area contributed by atoms with E-state index in [1.165, 1.54) is 18.2 Å². The van der Waals surface area contributed by atoms with Gasteiger partial charge in [-0.25, -0.2) is 12.8 Å². The highest BCUT2D eigenvalue weighted by Gasteiger charge is 2.13. The predicted octanol–water partition coefficient (Wildman–Crippen LogP) is 2.86. The van der Waals surface area contributed by atoms with Crippen molar-refractivity contribution in [3.8, 4) is 0 Å². The summed E-state index contributed by atoms with van der Waals surface area (Å²) in [5.74, 6) is -0.603. The van der Waals surface area contributed by atoms with Crippen LogP contribution in [0.25, 0.3) is 0 Å². The van der Waals surface area contributed by atoms with Crippen molar-refractivity contribution in [1.29, 1.82) is 0 Å². The molecule has 0 spiro atoms. The Morgan fingerprint density at radius 2 is 1.71 bits per heavy atom. The van der Waals surface area contributed by atoms with Crippen LogP contribution in [-0.4, -0.2) is 13.5 Å². The minimum atomic E-state index is -3.58. The first-order valence-corrected chi connectivity index (χ1v) is 8.77. The van der Waals surface area contributed by atoms with E-state index in [4.69, 9.17) is 5.11 Å². The van der Waals surface area contributed by atoms with E-state index in [2.05, 4.69) is 4.72 Å². The van der Waals surface area contributed by atoms with Crippen molar-refractivity contribution in [1.82, 2.24) is 0 Å². The van der Waals surface area contributed by atoms with E-state index in [-0.39, 0.29) is 12.4 Å². The summed E-state index contributed by atoms with van der Waals surface area (Å²) >= 11 is 1.87. The summed E-state index contributed by atoms with van der Waals surface area (Å²) in [6.07, 6.45) is 0. The molecule has 0 fully saturated rings. The van der Waals surface area contributed by atoms with Gasteiger partial charge in [0.05, 0.1) is 18.0 Å². The van der Waals surface area contributed by atoms with Crippen LogP contribution in [0.1, 0.15) is 11.1 Å². The molecule has 0 amide bonds. The highest BCUT2D eigenvalue weighted by atomic mass is 127. The second kappa shape index (κ2) is 6.71. The van der Waals surface area contributed by atoms with Crippen LogP contribution in [0, 0.1) is 9.39 Å². The van der Waals surface area contributed by atoms with Crippen LogP contribution in [0.2, 0.25) is 0 Å². The van der Waals surface area contributed by atoms with Gasteiger partial charge in [-0.3, -0.25) is 4.72 Å². The van der Waals surface area contributed by atoms with Gasteiger partial charge in [0.25, 0.3) is 0 Å². The van der Waals surface area contributed by atoms with Gasteiger partial charge in [-0.2, -0.15) is 0 Å². The number of aliphatic hydroxyl groups excluding tert-OH is 1. The maximum absolute atomic E-state index is 13.0. The van der Waals surface area contributed by atoms with Crippen molar-refractivity contribution in [2.24, 2.45) is 0 Å². The monoisotopic (exact) mass is 421 g/mol. The van der Waals surface area contributed by atoms with Crippen LogP contribution in [0.3, 0.4) is 0 Å². The third-order valence-electron chi connectivity index (χ3n) is 2.76. The quantitative estimate of drug-likeness (QED) is 0.730. The second-order valence-electron chi connectivity index (χ2n) is 4.46. The number of halogens is 2. The first-order chi connectivity index (χ1) is 9.89. The fourth-order valence-electron chi connectivity index (χ4n) is 1.74. The molecule has 0 aliphatic carbocycles. The number of nitrogens with one attached hydrogen (secondary N) is 1. The van der Waals surface area contributed by atoms with Gasteiger partial charge in [0, 0.05) is 3.57 Å². The molecule has 0 aliphatic heterocycles. The summed E-state index contributed by atoms with van der Waals surface area (Å²) in [7, 11) is -3.58. The number of rotatable bonds is 5. The lowest BCUT2D eigenvalue weighted by molar-refractivity contribution is 0.282. The smallest absolute Gasteiger partial charge is 0.236 e. The van der Waals surface area contributed by atoms with E-state index in [1.54, 1.807) is 24.3 Å². The third-order valence-corrected chi connectivity index (χ3v) is 4.90. The lowest BCUT2D eigenvalue weighted by Crippen LogP contribution is -2.16. The SMILES string of the molecule is O=S(=O)(Cc1ccc(CO)cc1)Nc1ccc(F)cc1I. The summed E-state index contributed by atoms with van der Waals surface area (Å²) in [6, 6.07) is 10.5. The minimum absolute atomic E-state index is 0.0843. The van der Waals surface area contributed by atoms with Crippen molar-refractivity contribution in [3.05, 3.63) is 63.0 Å². The predicted molar refractivity (Wildman–Crippen MR) is 87.7 cm³/mol. The largest absolute Gasteiger partial charge is 0.392 e. The summed E-state index contributed by atoms with van der Waals surface area (Å²) in [5, 5.41) is 8.95. The number of hydrogen-bond donors (Lipinski definition) is 2. The maximum Gasteiger partial charge on any atom is 0.236 e. The number of sulfonamides is 1. The number of hydrogen-bond acceptors (Lipinski definition) is 3. The molecular weight excluding hydrogens is 408 g/mol. The first kappa shape index (κ1) is 16.2. The zero-order valence-electron chi connectivity index (χ0n) is 10.9. The lowest BCUT2D eigenvalue weighted by Gasteiger charge is -2.10. The maximum atomic E-state index is 13.0. The van der Waals surface area contributed by atoms with Crippen molar-refractivity contribution < 1.29 is 17.9 Å². The molecule has 0 saturated carbocycles. The molecule has 4 nitrogen and oxygen atoms in total. The van der Waals surface area contributed by atoms with Crippen molar-refractivity contribution in [2.75, 3.05) is 4.72 Å². The molecule has 0 atom stereocenters. The normalized spacial score (nSPS) is 11.4. The molecule has 112 valence electrons. The highest BCUT2D eigenvalue weighted by Crippen LogP contribution is 2.21. The molecule has 0 aliphatic rings. The molecule has 0 saturated heterocycles.